The fourth-order valence-electron chi connectivity index (χ4n) is 2.22. The van der Waals surface area contributed by atoms with Crippen molar-refractivity contribution in [2.45, 2.75) is 12.5 Å². The van der Waals surface area contributed by atoms with E-state index in [-0.39, 0.29) is 29.7 Å². The largest absolute Gasteiger partial charge is 0.386 e. The molecule has 2 aromatic rings. The fourth-order valence-corrected chi connectivity index (χ4v) is 3.94. The summed E-state index contributed by atoms with van der Waals surface area (Å²) in [7, 11) is -1.31. The molecule has 25 heavy (non-hydrogen) atoms. The molecule has 1 aromatic heterocycles. The number of nitrogens with zero attached hydrogens (tertiary/aromatic N) is 1. The van der Waals surface area contributed by atoms with Crippen LogP contribution >= 0.6 is 35.3 Å². The maximum Gasteiger partial charge on any atom is 0.191 e. The Morgan fingerprint density at radius 3 is 2.68 bits per heavy atom. The highest BCUT2D eigenvalue weighted by Gasteiger charge is 2.12. The smallest absolute Gasteiger partial charge is 0.191 e. The number of fused-ring (bicyclic) bond motifs is 1. The number of rotatable bonds is 7. The predicted molar refractivity (Wildman–Crippen MR) is 116 cm³/mol. The first-order valence-corrected chi connectivity index (χ1v) is 10.6. The number of guanidine groups is 1. The normalized spacial score (nSPS) is 13.3. The molecule has 0 aliphatic heterocycles. The molecule has 0 saturated carbocycles. The van der Waals surface area contributed by atoms with Gasteiger partial charge in [-0.2, -0.15) is 0 Å². The second-order valence-electron chi connectivity index (χ2n) is 5.57. The molecule has 0 radical (unpaired) electrons. The fraction of sp³-hybridized carbons (Fsp3) is 0.438. The van der Waals surface area contributed by atoms with E-state index in [9.17, 15) is 13.5 Å². The maximum absolute atomic E-state index is 11.1. The molecule has 3 N–H and O–H groups in total. The Kier molecular flexibility index (Phi) is 9.11. The third-order valence-electron chi connectivity index (χ3n) is 3.44. The summed E-state index contributed by atoms with van der Waals surface area (Å²) in [5.74, 6) is 0.685. The highest BCUT2D eigenvalue weighted by atomic mass is 127. The topological polar surface area (TPSA) is 90.8 Å². The van der Waals surface area contributed by atoms with Gasteiger partial charge < -0.3 is 15.7 Å². The number of aliphatic imine (C=N–C) groups is 1. The third-order valence-corrected chi connectivity index (χ3v) is 5.69. The Hall–Kier alpha value is -0.910. The van der Waals surface area contributed by atoms with Crippen molar-refractivity contribution in [1.82, 2.24) is 10.6 Å². The van der Waals surface area contributed by atoms with Crippen LogP contribution in [0.5, 0.6) is 0 Å². The average Bonchev–Trinajstić information content (AvgIpc) is 2.97. The molecule has 0 aliphatic carbocycles. The van der Waals surface area contributed by atoms with Crippen molar-refractivity contribution in [3.8, 4) is 0 Å². The lowest BCUT2D eigenvalue weighted by molar-refractivity contribution is 0.184. The summed E-state index contributed by atoms with van der Waals surface area (Å²) in [5.41, 5.74) is 0. The van der Waals surface area contributed by atoms with Crippen LogP contribution in [0.1, 0.15) is 17.4 Å². The van der Waals surface area contributed by atoms with Crippen LogP contribution in [0.2, 0.25) is 0 Å². The molecule has 1 atom stereocenters. The summed E-state index contributed by atoms with van der Waals surface area (Å²) >= 11 is 1.57. The molecule has 0 fully saturated rings. The molecule has 1 aromatic carbocycles. The molecule has 0 bridgehead atoms. The van der Waals surface area contributed by atoms with Crippen molar-refractivity contribution in [3.05, 3.63) is 35.2 Å². The number of hydrogen-bond donors (Lipinski definition) is 3. The number of aliphatic hydroxyl groups excluding tert-OH is 1. The Morgan fingerprint density at radius 1 is 1.32 bits per heavy atom. The van der Waals surface area contributed by atoms with Crippen LogP contribution in [0, 0.1) is 0 Å². The van der Waals surface area contributed by atoms with E-state index in [1.807, 2.05) is 30.3 Å². The molecule has 0 amide bonds. The van der Waals surface area contributed by atoms with Crippen molar-refractivity contribution >= 4 is 61.2 Å². The van der Waals surface area contributed by atoms with Gasteiger partial charge in [0.15, 0.2) is 5.96 Å². The maximum atomic E-state index is 11.1. The van der Waals surface area contributed by atoms with Crippen molar-refractivity contribution in [3.63, 3.8) is 0 Å². The summed E-state index contributed by atoms with van der Waals surface area (Å²) in [6.07, 6.45) is 1.11. The Bertz CT molecular complexity index is 773. The van der Waals surface area contributed by atoms with Crippen LogP contribution < -0.4 is 10.6 Å². The Balaban J connectivity index is 0.00000312. The van der Waals surface area contributed by atoms with Gasteiger partial charge in [-0.05, 0) is 23.9 Å². The van der Waals surface area contributed by atoms with Crippen molar-refractivity contribution < 1.29 is 13.5 Å². The summed E-state index contributed by atoms with van der Waals surface area (Å²) in [6, 6.07) is 10.0. The second kappa shape index (κ2) is 10.3. The number of benzene rings is 1. The number of hydrogen-bond acceptors (Lipinski definition) is 5. The highest BCUT2D eigenvalue weighted by Crippen LogP contribution is 2.29. The second-order valence-corrected chi connectivity index (χ2v) is 8.94. The predicted octanol–water partition coefficient (Wildman–Crippen LogP) is 2.15. The standard InChI is InChI=1S/C16H23N3O3S2.HI/c1-17-16(18-8-5-9-24(2,21)22)19-11-13(20)15-10-12-6-3-4-7-14(12)23-15;/h3-4,6-7,10,13,20H,5,8-9,11H2,1-2H3,(H2,17,18,19);1H. The van der Waals surface area contributed by atoms with Gasteiger partial charge in [0.25, 0.3) is 0 Å². The molecule has 0 saturated heterocycles. The van der Waals surface area contributed by atoms with Crippen molar-refractivity contribution in [1.29, 1.82) is 0 Å². The summed E-state index contributed by atoms with van der Waals surface area (Å²) < 4.78 is 23.3. The van der Waals surface area contributed by atoms with Gasteiger partial charge in [-0.25, -0.2) is 8.42 Å². The zero-order valence-electron chi connectivity index (χ0n) is 14.2. The van der Waals surface area contributed by atoms with Gasteiger partial charge in [0, 0.05) is 36.0 Å². The van der Waals surface area contributed by atoms with E-state index in [4.69, 9.17) is 0 Å². The van der Waals surface area contributed by atoms with E-state index < -0.39 is 15.9 Å². The number of aliphatic hydroxyl groups is 1. The molecule has 1 unspecified atom stereocenters. The first kappa shape index (κ1) is 22.1. The lowest BCUT2D eigenvalue weighted by Crippen LogP contribution is -2.40. The monoisotopic (exact) mass is 497 g/mol. The molecule has 140 valence electrons. The van der Waals surface area contributed by atoms with Crippen LogP contribution in [0.3, 0.4) is 0 Å². The van der Waals surface area contributed by atoms with Crippen molar-refractivity contribution in [2.24, 2.45) is 4.99 Å². The summed E-state index contributed by atoms with van der Waals surface area (Å²) in [6.45, 7) is 0.838. The molecular weight excluding hydrogens is 473 g/mol. The van der Waals surface area contributed by atoms with Gasteiger partial charge in [-0.3, -0.25) is 4.99 Å². The van der Waals surface area contributed by atoms with E-state index in [1.165, 1.54) is 6.26 Å². The molecule has 0 spiro atoms. The van der Waals surface area contributed by atoms with E-state index in [0.29, 0.717) is 25.5 Å². The summed E-state index contributed by atoms with van der Waals surface area (Å²) in [4.78, 5) is 4.97. The van der Waals surface area contributed by atoms with Gasteiger partial charge in [-0.1, -0.05) is 18.2 Å². The zero-order chi connectivity index (χ0) is 17.6. The number of halogens is 1. The van der Waals surface area contributed by atoms with E-state index in [1.54, 1.807) is 18.4 Å². The van der Waals surface area contributed by atoms with Gasteiger partial charge in [0.2, 0.25) is 0 Å². The highest BCUT2D eigenvalue weighted by molar-refractivity contribution is 14.0. The Morgan fingerprint density at radius 2 is 2.04 bits per heavy atom. The van der Waals surface area contributed by atoms with Crippen LogP contribution in [-0.2, 0) is 9.84 Å². The van der Waals surface area contributed by atoms with E-state index >= 15 is 0 Å². The molecule has 1 heterocycles. The molecule has 6 nitrogen and oxygen atoms in total. The summed E-state index contributed by atoms with van der Waals surface area (Å²) in [5, 5.41) is 17.6. The van der Waals surface area contributed by atoms with Gasteiger partial charge in [0.1, 0.15) is 15.9 Å². The lowest BCUT2D eigenvalue weighted by atomic mass is 10.2. The first-order valence-electron chi connectivity index (χ1n) is 7.68. The van der Waals surface area contributed by atoms with E-state index in [2.05, 4.69) is 15.6 Å². The van der Waals surface area contributed by atoms with Gasteiger partial charge >= 0.3 is 0 Å². The molecule has 0 aliphatic rings. The van der Waals surface area contributed by atoms with Crippen molar-refractivity contribution in [2.75, 3.05) is 32.1 Å². The molecule has 2 rings (SSSR count). The van der Waals surface area contributed by atoms with Gasteiger partial charge in [-0.15, -0.1) is 35.3 Å². The third kappa shape index (κ3) is 7.47. The van der Waals surface area contributed by atoms with E-state index in [0.717, 1.165) is 15.0 Å². The number of nitrogens with one attached hydrogen (secondary N) is 2. The van der Waals surface area contributed by atoms with Crippen LogP contribution in [0.25, 0.3) is 10.1 Å². The minimum atomic E-state index is -2.94. The number of thiophene rings is 1. The van der Waals surface area contributed by atoms with Crippen LogP contribution in [0.15, 0.2) is 35.3 Å². The quantitative estimate of drug-likeness (QED) is 0.236. The minimum absolute atomic E-state index is 0. The zero-order valence-corrected chi connectivity index (χ0v) is 18.2. The molecule has 9 heteroatoms. The Labute approximate surface area is 169 Å². The lowest BCUT2D eigenvalue weighted by Gasteiger charge is -2.14. The average molecular weight is 497 g/mol. The van der Waals surface area contributed by atoms with Crippen LogP contribution in [-0.4, -0.2) is 51.6 Å². The minimum Gasteiger partial charge on any atom is -0.386 e. The molecular formula is C16H24IN3O3S2. The SMILES string of the molecule is CN=C(NCCCS(C)(=O)=O)NCC(O)c1cc2ccccc2s1.I. The van der Waals surface area contributed by atoms with Gasteiger partial charge in [0.05, 0.1) is 5.75 Å². The van der Waals surface area contributed by atoms with Crippen LogP contribution in [0.4, 0.5) is 0 Å². The number of sulfone groups is 1. The first-order chi connectivity index (χ1) is 11.4.